The Balaban J connectivity index is 1.65. The van der Waals surface area contributed by atoms with Gasteiger partial charge in [0.1, 0.15) is 5.00 Å². The Hall–Kier alpha value is -1.49. The smallest absolute Gasteiger partial charge is 0.341 e. The number of carbonyl (C=O) groups excluding carboxylic acids is 2. The third-order valence-corrected chi connectivity index (χ3v) is 8.66. The van der Waals surface area contributed by atoms with Crippen molar-refractivity contribution in [2.75, 3.05) is 50.9 Å². The van der Waals surface area contributed by atoms with Crippen molar-refractivity contribution in [1.82, 2.24) is 9.21 Å². The minimum absolute atomic E-state index is 0.0887. The highest BCUT2D eigenvalue weighted by Crippen LogP contribution is 2.40. The Kier molecular flexibility index (Phi) is 6.98. The molecular weight excluding hydrogens is 414 g/mol. The molecule has 3 rings (SSSR count). The maximum atomic E-state index is 12.6. The number of ether oxygens (including phenoxy) is 1. The van der Waals surface area contributed by atoms with Crippen LogP contribution in [0.25, 0.3) is 0 Å². The van der Waals surface area contributed by atoms with Gasteiger partial charge in [-0.1, -0.05) is 6.92 Å². The van der Waals surface area contributed by atoms with Crippen LogP contribution in [0.3, 0.4) is 0 Å². The standard InChI is InChI=1S/C19H29N3O5S2/c1-4-29(25,26)22-9-7-21(8-10-22)12-16(23)20-18-17(19(24)27-3)14-6-5-13(2)11-15(14)28-18/h13H,4-12H2,1-3H3,(H,20,23). The number of carbonyl (C=O) groups is 2. The van der Waals surface area contributed by atoms with E-state index in [2.05, 4.69) is 12.2 Å². The highest BCUT2D eigenvalue weighted by Gasteiger charge is 2.30. The quantitative estimate of drug-likeness (QED) is 0.671. The Labute approximate surface area is 176 Å². The Morgan fingerprint density at radius 1 is 1.24 bits per heavy atom. The van der Waals surface area contributed by atoms with Crippen LogP contribution in [-0.4, -0.2) is 75.1 Å². The first-order valence-corrected chi connectivity index (χ1v) is 12.4. The number of rotatable bonds is 6. The first kappa shape index (κ1) is 22.2. The zero-order valence-corrected chi connectivity index (χ0v) is 18.8. The summed E-state index contributed by atoms with van der Waals surface area (Å²) in [6.45, 7) is 5.79. The molecular formula is C19H29N3O5S2. The molecule has 0 spiro atoms. The lowest BCUT2D eigenvalue weighted by Gasteiger charge is -2.33. The van der Waals surface area contributed by atoms with Gasteiger partial charge in [-0.05, 0) is 37.7 Å². The molecule has 2 aliphatic rings. The summed E-state index contributed by atoms with van der Waals surface area (Å²) in [4.78, 5) is 28.1. The van der Waals surface area contributed by atoms with Gasteiger partial charge >= 0.3 is 5.97 Å². The highest BCUT2D eigenvalue weighted by molar-refractivity contribution is 7.89. The zero-order chi connectivity index (χ0) is 21.2. The van der Waals surface area contributed by atoms with Crippen molar-refractivity contribution in [3.63, 3.8) is 0 Å². The zero-order valence-electron chi connectivity index (χ0n) is 17.2. The van der Waals surface area contributed by atoms with Gasteiger partial charge in [-0.3, -0.25) is 9.69 Å². The highest BCUT2D eigenvalue weighted by atomic mass is 32.2. The summed E-state index contributed by atoms with van der Waals surface area (Å²) in [7, 11) is -1.84. The van der Waals surface area contributed by atoms with Crippen molar-refractivity contribution < 1.29 is 22.7 Å². The molecule has 162 valence electrons. The molecule has 0 radical (unpaired) electrons. The van der Waals surface area contributed by atoms with Crippen molar-refractivity contribution in [2.45, 2.75) is 33.1 Å². The molecule has 1 aromatic rings. The normalized spacial score (nSPS) is 20.9. The van der Waals surface area contributed by atoms with E-state index >= 15 is 0 Å². The number of amides is 1. The van der Waals surface area contributed by atoms with E-state index in [0.29, 0.717) is 42.7 Å². The molecule has 1 unspecified atom stereocenters. The van der Waals surface area contributed by atoms with Crippen LogP contribution in [0.1, 0.15) is 41.1 Å². The van der Waals surface area contributed by atoms with E-state index in [1.54, 1.807) is 6.92 Å². The first-order chi connectivity index (χ1) is 13.7. The number of methoxy groups -OCH3 is 1. The fourth-order valence-electron chi connectivity index (χ4n) is 3.87. The van der Waals surface area contributed by atoms with Gasteiger partial charge in [-0.25, -0.2) is 13.2 Å². The van der Waals surface area contributed by atoms with Crippen molar-refractivity contribution >= 4 is 38.2 Å². The monoisotopic (exact) mass is 443 g/mol. The van der Waals surface area contributed by atoms with Gasteiger partial charge in [-0.15, -0.1) is 11.3 Å². The van der Waals surface area contributed by atoms with Crippen molar-refractivity contribution in [1.29, 1.82) is 0 Å². The topological polar surface area (TPSA) is 96.0 Å². The third kappa shape index (κ3) is 4.99. The largest absolute Gasteiger partial charge is 0.465 e. The molecule has 1 amide bonds. The van der Waals surface area contributed by atoms with E-state index in [0.717, 1.165) is 29.7 Å². The molecule has 0 bridgehead atoms. The van der Waals surface area contributed by atoms with Crippen LogP contribution in [0.5, 0.6) is 0 Å². The van der Waals surface area contributed by atoms with Crippen LogP contribution >= 0.6 is 11.3 Å². The molecule has 1 N–H and O–H groups in total. The van der Waals surface area contributed by atoms with Crippen molar-refractivity contribution in [2.24, 2.45) is 5.92 Å². The lowest BCUT2D eigenvalue weighted by molar-refractivity contribution is -0.117. The second-order valence-corrected chi connectivity index (χ2v) is 11.0. The molecule has 0 saturated carbocycles. The summed E-state index contributed by atoms with van der Waals surface area (Å²) in [5, 5.41) is 3.47. The van der Waals surface area contributed by atoms with E-state index < -0.39 is 16.0 Å². The number of hydrogen-bond acceptors (Lipinski definition) is 7. The maximum Gasteiger partial charge on any atom is 0.341 e. The lowest BCUT2D eigenvalue weighted by Crippen LogP contribution is -2.50. The number of hydrogen-bond donors (Lipinski definition) is 1. The lowest BCUT2D eigenvalue weighted by atomic mass is 9.88. The summed E-state index contributed by atoms with van der Waals surface area (Å²) in [6.07, 6.45) is 2.75. The van der Waals surface area contributed by atoms with Gasteiger partial charge in [0.2, 0.25) is 15.9 Å². The number of sulfonamides is 1. The molecule has 8 nitrogen and oxygen atoms in total. The number of esters is 1. The molecule has 1 aliphatic heterocycles. The van der Waals surface area contributed by atoms with E-state index in [1.807, 2.05) is 4.90 Å². The molecule has 1 saturated heterocycles. The van der Waals surface area contributed by atoms with Crippen molar-refractivity contribution in [3.8, 4) is 0 Å². The van der Waals surface area contributed by atoms with Crippen LogP contribution in [-0.2, 0) is 32.4 Å². The van der Waals surface area contributed by atoms with Gasteiger partial charge in [-0.2, -0.15) is 4.31 Å². The number of anilines is 1. The van der Waals surface area contributed by atoms with Gasteiger partial charge in [0, 0.05) is 31.1 Å². The Bertz CT molecular complexity index is 873. The molecule has 0 aromatic carbocycles. The van der Waals surface area contributed by atoms with Crippen LogP contribution in [0.4, 0.5) is 5.00 Å². The summed E-state index contributed by atoms with van der Waals surface area (Å²) >= 11 is 1.47. The Morgan fingerprint density at radius 3 is 2.55 bits per heavy atom. The van der Waals surface area contributed by atoms with E-state index in [4.69, 9.17) is 4.74 Å². The van der Waals surface area contributed by atoms with Gasteiger partial charge in [0.15, 0.2) is 0 Å². The van der Waals surface area contributed by atoms with Crippen LogP contribution < -0.4 is 5.32 Å². The number of nitrogens with one attached hydrogen (secondary N) is 1. The predicted octanol–water partition coefficient (Wildman–Crippen LogP) is 1.57. The van der Waals surface area contributed by atoms with E-state index in [9.17, 15) is 18.0 Å². The molecule has 2 heterocycles. The molecule has 29 heavy (non-hydrogen) atoms. The third-order valence-electron chi connectivity index (χ3n) is 5.61. The fourth-order valence-corrected chi connectivity index (χ4v) is 6.37. The molecule has 1 aromatic heterocycles. The summed E-state index contributed by atoms with van der Waals surface area (Å²) in [5.41, 5.74) is 1.50. The number of nitrogens with zero attached hydrogens (tertiary/aromatic N) is 2. The predicted molar refractivity (Wildman–Crippen MR) is 113 cm³/mol. The first-order valence-electron chi connectivity index (χ1n) is 9.98. The number of thiophene rings is 1. The van der Waals surface area contributed by atoms with Gasteiger partial charge < -0.3 is 10.1 Å². The minimum Gasteiger partial charge on any atom is -0.465 e. The van der Waals surface area contributed by atoms with Crippen LogP contribution in [0, 0.1) is 5.92 Å². The summed E-state index contributed by atoms with van der Waals surface area (Å²) < 4.78 is 30.4. The van der Waals surface area contributed by atoms with E-state index in [-0.39, 0.29) is 18.2 Å². The second kappa shape index (κ2) is 9.11. The minimum atomic E-state index is -3.19. The van der Waals surface area contributed by atoms with E-state index in [1.165, 1.54) is 22.8 Å². The molecule has 1 fully saturated rings. The average molecular weight is 444 g/mol. The molecule has 1 atom stereocenters. The SMILES string of the molecule is CCS(=O)(=O)N1CCN(CC(=O)Nc2sc3c(c2C(=O)OC)CCC(C)C3)CC1. The molecule has 1 aliphatic carbocycles. The van der Waals surface area contributed by atoms with Crippen LogP contribution in [0.2, 0.25) is 0 Å². The van der Waals surface area contributed by atoms with Crippen LogP contribution in [0.15, 0.2) is 0 Å². The molecule has 10 heteroatoms. The summed E-state index contributed by atoms with van der Waals surface area (Å²) in [6, 6.07) is 0. The van der Waals surface area contributed by atoms with Crippen molar-refractivity contribution in [3.05, 3.63) is 16.0 Å². The average Bonchev–Trinajstić information content (AvgIpc) is 3.04. The van der Waals surface area contributed by atoms with Gasteiger partial charge in [0.25, 0.3) is 0 Å². The maximum absolute atomic E-state index is 12.6. The van der Waals surface area contributed by atoms with Gasteiger partial charge in [0.05, 0.1) is 25.0 Å². The fraction of sp³-hybridized carbons (Fsp3) is 0.684. The number of piperazine rings is 1. The Morgan fingerprint density at radius 2 is 1.93 bits per heavy atom. The number of fused-ring (bicyclic) bond motifs is 1. The second-order valence-electron chi connectivity index (χ2n) is 7.67. The summed E-state index contributed by atoms with van der Waals surface area (Å²) in [5.74, 6) is 0.0380.